The number of nitrogens with zero attached hydrogens (tertiary/aromatic N) is 3. The zero-order chi connectivity index (χ0) is 14.8. The van der Waals surface area contributed by atoms with E-state index in [1.807, 2.05) is 31.2 Å². The van der Waals surface area contributed by atoms with E-state index in [9.17, 15) is 9.59 Å². The minimum absolute atomic E-state index is 0.0654. The van der Waals surface area contributed by atoms with Crippen molar-refractivity contribution in [2.45, 2.75) is 24.8 Å². The van der Waals surface area contributed by atoms with Crippen LogP contribution in [0.3, 0.4) is 0 Å². The summed E-state index contributed by atoms with van der Waals surface area (Å²) >= 11 is 1.37. The summed E-state index contributed by atoms with van der Waals surface area (Å²) in [7, 11) is 0. The smallest absolute Gasteiger partial charge is 0.239 e. The second-order valence-electron chi connectivity index (χ2n) is 4.92. The molecule has 2 aromatic rings. The highest BCUT2D eigenvalue weighted by Gasteiger charge is 2.26. The molecule has 0 bridgehead atoms. The van der Waals surface area contributed by atoms with Gasteiger partial charge in [0.1, 0.15) is 10.9 Å². The van der Waals surface area contributed by atoms with Crippen LogP contribution >= 0.6 is 11.8 Å². The third-order valence-corrected chi connectivity index (χ3v) is 4.36. The number of fused-ring (bicyclic) bond motifs is 1. The average Bonchev–Trinajstić information content (AvgIpc) is 2.90. The molecule has 1 saturated heterocycles. The standard InChI is InChI=1S/C15H15N3O2S/c1-10-16-12-6-3-2-5-11(12)15(17-10)21-9-14(20)18-8-4-7-13(18)19/h2-3,5-6H,4,7-9H2,1H3. The molecule has 0 unspecified atom stereocenters. The van der Waals surface area contributed by atoms with Gasteiger partial charge < -0.3 is 0 Å². The fourth-order valence-corrected chi connectivity index (χ4v) is 3.33. The van der Waals surface area contributed by atoms with Crippen molar-refractivity contribution in [2.24, 2.45) is 0 Å². The largest absolute Gasteiger partial charge is 0.282 e. The molecule has 1 aliphatic rings. The first-order valence-electron chi connectivity index (χ1n) is 6.84. The Kier molecular flexibility index (Phi) is 3.88. The lowest BCUT2D eigenvalue weighted by atomic mass is 10.2. The first kappa shape index (κ1) is 14.0. The van der Waals surface area contributed by atoms with E-state index in [1.165, 1.54) is 16.7 Å². The Morgan fingerprint density at radius 1 is 1.33 bits per heavy atom. The van der Waals surface area contributed by atoms with Crippen molar-refractivity contribution in [1.29, 1.82) is 0 Å². The molecule has 0 spiro atoms. The van der Waals surface area contributed by atoms with E-state index in [4.69, 9.17) is 0 Å². The quantitative estimate of drug-likeness (QED) is 0.642. The van der Waals surface area contributed by atoms with Crippen LogP contribution in [0, 0.1) is 6.92 Å². The Bertz CT molecular complexity index is 717. The van der Waals surface area contributed by atoms with Crippen LogP contribution in [0.4, 0.5) is 0 Å². The van der Waals surface area contributed by atoms with Crippen molar-refractivity contribution in [2.75, 3.05) is 12.3 Å². The number of imide groups is 1. The predicted molar refractivity (Wildman–Crippen MR) is 81.0 cm³/mol. The molecule has 1 aliphatic heterocycles. The summed E-state index contributed by atoms with van der Waals surface area (Å²) < 4.78 is 0. The minimum atomic E-state index is -0.136. The molecule has 3 rings (SSSR count). The van der Waals surface area contributed by atoms with Crippen LogP contribution < -0.4 is 0 Å². The maximum Gasteiger partial charge on any atom is 0.239 e. The molecule has 0 atom stereocenters. The molecule has 1 aromatic carbocycles. The number of rotatable bonds is 3. The van der Waals surface area contributed by atoms with E-state index in [-0.39, 0.29) is 17.6 Å². The second kappa shape index (κ2) is 5.81. The molecule has 108 valence electrons. The Balaban J connectivity index is 1.79. The summed E-state index contributed by atoms with van der Waals surface area (Å²) in [5, 5.41) is 1.73. The summed E-state index contributed by atoms with van der Waals surface area (Å²) in [5.41, 5.74) is 0.872. The number of aryl methyl sites for hydroxylation is 1. The van der Waals surface area contributed by atoms with E-state index in [0.717, 1.165) is 22.3 Å². The molecule has 1 fully saturated rings. The molecule has 5 nitrogen and oxygen atoms in total. The van der Waals surface area contributed by atoms with E-state index in [0.29, 0.717) is 18.8 Å². The van der Waals surface area contributed by atoms with E-state index < -0.39 is 0 Å². The molecule has 21 heavy (non-hydrogen) atoms. The van der Waals surface area contributed by atoms with Gasteiger partial charge >= 0.3 is 0 Å². The van der Waals surface area contributed by atoms with Crippen LogP contribution in [-0.2, 0) is 9.59 Å². The van der Waals surface area contributed by atoms with Gasteiger partial charge in [-0.25, -0.2) is 9.97 Å². The van der Waals surface area contributed by atoms with Gasteiger partial charge in [-0.2, -0.15) is 0 Å². The van der Waals surface area contributed by atoms with Crippen molar-refractivity contribution in [3.63, 3.8) is 0 Å². The van der Waals surface area contributed by atoms with Gasteiger partial charge in [-0.05, 0) is 19.4 Å². The Morgan fingerprint density at radius 2 is 2.14 bits per heavy atom. The van der Waals surface area contributed by atoms with Crippen LogP contribution in [0.2, 0.25) is 0 Å². The van der Waals surface area contributed by atoms with Crippen LogP contribution in [0.25, 0.3) is 10.9 Å². The number of hydrogen-bond acceptors (Lipinski definition) is 5. The number of benzene rings is 1. The van der Waals surface area contributed by atoms with Gasteiger partial charge in [-0.3, -0.25) is 14.5 Å². The minimum Gasteiger partial charge on any atom is -0.282 e. The number of hydrogen-bond donors (Lipinski definition) is 0. The summed E-state index contributed by atoms with van der Waals surface area (Å²) in [6.07, 6.45) is 1.25. The third kappa shape index (κ3) is 2.90. The van der Waals surface area contributed by atoms with Crippen LogP contribution in [0.5, 0.6) is 0 Å². The monoisotopic (exact) mass is 301 g/mol. The lowest BCUT2D eigenvalue weighted by Gasteiger charge is -2.13. The van der Waals surface area contributed by atoms with Crippen molar-refractivity contribution >= 4 is 34.5 Å². The number of aromatic nitrogens is 2. The van der Waals surface area contributed by atoms with Gasteiger partial charge in [-0.15, -0.1) is 0 Å². The molecule has 2 amide bonds. The van der Waals surface area contributed by atoms with Crippen molar-refractivity contribution in [1.82, 2.24) is 14.9 Å². The molecular weight excluding hydrogens is 286 g/mol. The van der Waals surface area contributed by atoms with Gasteiger partial charge in [0.25, 0.3) is 0 Å². The third-order valence-electron chi connectivity index (χ3n) is 3.39. The molecule has 0 radical (unpaired) electrons. The summed E-state index contributed by atoms with van der Waals surface area (Å²) in [6.45, 7) is 2.38. The molecule has 2 heterocycles. The summed E-state index contributed by atoms with van der Waals surface area (Å²) in [4.78, 5) is 33.8. The predicted octanol–water partition coefficient (Wildman–Crippen LogP) is 2.18. The van der Waals surface area contributed by atoms with Crippen molar-refractivity contribution < 1.29 is 9.59 Å². The molecule has 1 aromatic heterocycles. The molecule has 0 saturated carbocycles. The van der Waals surface area contributed by atoms with Crippen molar-refractivity contribution in [3.8, 4) is 0 Å². The van der Waals surface area contributed by atoms with Crippen molar-refractivity contribution in [3.05, 3.63) is 30.1 Å². The van der Waals surface area contributed by atoms with E-state index in [1.54, 1.807) is 0 Å². The molecular formula is C15H15N3O2S. The fraction of sp³-hybridized carbons (Fsp3) is 0.333. The van der Waals surface area contributed by atoms with Gasteiger partial charge in [-0.1, -0.05) is 30.0 Å². The number of carbonyl (C=O) groups is 2. The SMILES string of the molecule is Cc1nc(SCC(=O)N2CCCC2=O)c2ccccc2n1. The zero-order valence-electron chi connectivity index (χ0n) is 11.7. The first-order chi connectivity index (χ1) is 10.1. The zero-order valence-corrected chi connectivity index (χ0v) is 12.5. The van der Waals surface area contributed by atoms with Crippen LogP contribution in [0.15, 0.2) is 29.3 Å². The lowest BCUT2D eigenvalue weighted by molar-refractivity contribution is -0.140. The lowest BCUT2D eigenvalue weighted by Crippen LogP contribution is -2.33. The Morgan fingerprint density at radius 3 is 2.90 bits per heavy atom. The molecule has 0 aliphatic carbocycles. The van der Waals surface area contributed by atoms with Gasteiger partial charge in [0, 0.05) is 18.4 Å². The van der Waals surface area contributed by atoms with Crippen LogP contribution in [0.1, 0.15) is 18.7 Å². The number of thioether (sulfide) groups is 1. The first-order valence-corrected chi connectivity index (χ1v) is 7.83. The van der Waals surface area contributed by atoms with E-state index in [2.05, 4.69) is 9.97 Å². The Labute approximate surface area is 126 Å². The topological polar surface area (TPSA) is 63.2 Å². The highest BCUT2D eigenvalue weighted by atomic mass is 32.2. The summed E-state index contributed by atoms with van der Waals surface area (Å²) in [5.74, 6) is 0.708. The molecule has 6 heteroatoms. The number of para-hydroxylation sites is 1. The van der Waals surface area contributed by atoms with Gasteiger partial charge in [0.05, 0.1) is 11.3 Å². The average molecular weight is 301 g/mol. The van der Waals surface area contributed by atoms with Gasteiger partial charge in [0.15, 0.2) is 0 Å². The molecule has 0 N–H and O–H groups in total. The van der Waals surface area contributed by atoms with E-state index >= 15 is 0 Å². The summed E-state index contributed by atoms with van der Waals surface area (Å²) in [6, 6.07) is 7.73. The number of carbonyl (C=O) groups excluding carboxylic acids is 2. The highest BCUT2D eigenvalue weighted by molar-refractivity contribution is 8.00. The fourth-order valence-electron chi connectivity index (χ4n) is 2.39. The Hall–Kier alpha value is -1.95. The number of likely N-dealkylation sites (tertiary alicyclic amines) is 1. The normalized spacial score (nSPS) is 14.9. The second-order valence-corrected chi connectivity index (χ2v) is 5.89. The highest BCUT2D eigenvalue weighted by Crippen LogP contribution is 2.25. The van der Waals surface area contributed by atoms with Crippen LogP contribution in [-0.4, -0.2) is 39.0 Å². The number of amides is 2. The maximum absolute atomic E-state index is 12.1. The maximum atomic E-state index is 12.1. The van der Waals surface area contributed by atoms with Gasteiger partial charge in [0.2, 0.25) is 11.8 Å².